The first-order valence-electron chi connectivity index (χ1n) is 6.87. The molecule has 0 radical (unpaired) electrons. The van der Waals surface area contributed by atoms with E-state index in [-0.39, 0.29) is 12.0 Å². The SMILES string of the molecule is CCC(CC)(CO)CNc1cc(NS(C)(=O)=O)ccc1Cl. The maximum Gasteiger partial charge on any atom is 0.229 e. The smallest absolute Gasteiger partial charge is 0.229 e. The summed E-state index contributed by atoms with van der Waals surface area (Å²) in [5.41, 5.74) is 0.890. The summed E-state index contributed by atoms with van der Waals surface area (Å²) in [7, 11) is -3.32. The van der Waals surface area contributed by atoms with Crippen molar-refractivity contribution in [1.29, 1.82) is 0 Å². The minimum absolute atomic E-state index is 0.0892. The largest absolute Gasteiger partial charge is 0.396 e. The van der Waals surface area contributed by atoms with Crippen molar-refractivity contribution in [1.82, 2.24) is 0 Å². The molecule has 3 N–H and O–H groups in total. The molecule has 0 aliphatic rings. The van der Waals surface area contributed by atoms with Crippen LogP contribution < -0.4 is 10.0 Å². The van der Waals surface area contributed by atoms with E-state index in [1.165, 1.54) is 0 Å². The maximum atomic E-state index is 11.3. The molecule has 0 fully saturated rings. The Hall–Kier alpha value is -0.980. The number of hydrogen-bond donors (Lipinski definition) is 3. The second-order valence-corrected chi connectivity index (χ2v) is 7.44. The van der Waals surface area contributed by atoms with Gasteiger partial charge < -0.3 is 10.4 Å². The Morgan fingerprint density at radius 3 is 2.38 bits per heavy atom. The minimum atomic E-state index is -3.32. The highest BCUT2D eigenvalue weighted by atomic mass is 35.5. The second-order valence-electron chi connectivity index (χ2n) is 5.29. The minimum Gasteiger partial charge on any atom is -0.396 e. The van der Waals surface area contributed by atoms with Crippen LogP contribution in [0.4, 0.5) is 11.4 Å². The first-order chi connectivity index (χ1) is 9.75. The lowest BCUT2D eigenvalue weighted by Gasteiger charge is -2.30. The average molecular weight is 335 g/mol. The van der Waals surface area contributed by atoms with Crippen molar-refractivity contribution in [3.05, 3.63) is 23.2 Å². The summed E-state index contributed by atoms with van der Waals surface area (Å²) in [5.74, 6) is 0. The molecule has 5 nitrogen and oxygen atoms in total. The van der Waals surface area contributed by atoms with Crippen LogP contribution in [0, 0.1) is 5.41 Å². The number of nitrogens with one attached hydrogen (secondary N) is 2. The number of benzene rings is 1. The quantitative estimate of drug-likeness (QED) is 0.683. The van der Waals surface area contributed by atoms with E-state index >= 15 is 0 Å². The Bertz CT molecular complexity index is 563. The van der Waals surface area contributed by atoms with E-state index in [1.807, 2.05) is 13.8 Å². The first-order valence-corrected chi connectivity index (χ1v) is 9.14. The summed E-state index contributed by atoms with van der Waals surface area (Å²) in [6.07, 6.45) is 2.78. The lowest BCUT2D eigenvalue weighted by molar-refractivity contribution is 0.127. The van der Waals surface area contributed by atoms with Gasteiger partial charge in [0.25, 0.3) is 0 Å². The Labute approximate surface area is 131 Å². The number of hydrogen-bond acceptors (Lipinski definition) is 4. The number of rotatable bonds is 8. The fourth-order valence-corrected chi connectivity index (χ4v) is 2.74. The van der Waals surface area contributed by atoms with Crippen LogP contribution in [-0.2, 0) is 10.0 Å². The average Bonchev–Trinajstić information content (AvgIpc) is 2.42. The molecular formula is C14H23ClN2O3S. The van der Waals surface area contributed by atoms with Gasteiger partial charge in [0.05, 0.1) is 29.3 Å². The fraction of sp³-hybridized carbons (Fsp3) is 0.571. The molecule has 120 valence electrons. The van der Waals surface area contributed by atoms with Crippen LogP contribution in [0.15, 0.2) is 18.2 Å². The van der Waals surface area contributed by atoms with Gasteiger partial charge in [-0.05, 0) is 31.0 Å². The topological polar surface area (TPSA) is 78.4 Å². The van der Waals surface area contributed by atoms with Gasteiger partial charge in [0.15, 0.2) is 0 Å². The Balaban J connectivity index is 2.90. The molecule has 1 aromatic rings. The normalized spacial score (nSPS) is 12.2. The summed E-state index contributed by atoms with van der Waals surface area (Å²) in [6, 6.07) is 4.89. The number of sulfonamides is 1. The zero-order valence-electron chi connectivity index (χ0n) is 12.6. The van der Waals surface area contributed by atoms with Crippen LogP contribution in [0.3, 0.4) is 0 Å². The lowest BCUT2D eigenvalue weighted by atomic mass is 9.83. The summed E-state index contributed by atoms with van der Waals surface area (Å²) in [4.78, 5) is 0. The van der Waals surface area contributed by atoms with Gasteiger partial charge in [-0.2, -0.15) is 0 Å². The highest BCUT2D eigenvalue weighted by Gasteiger charge is 2.25. The van der Waals surface area contributed by atoms with E-state index in [9.17, 15) is 13.5 Å². The number of anilines is 2. The van der Waals surface area contributed by atoms with Crippen molar-refractivity contribution in [3.63, 3.8) is 0 Å². The van der Waals surface area contributed by atoms with E-state index in [2.05, 4.69) is 10.0 Å². The molecule has 21 heavy (non-hydrogen) atoms. The maximum absolute atomic E-state index is 11.3. The molecule has 0 spiro atoms. The van der Waals surface area contributed by atoms with E-state index in [0.717, 1.165) is 19.1 Å². The summed E-state index contributed by atoms with van der Waals surface area (Å²) in [5, 5.41) is 13.3. The van der Waals surface area contributed by atoms with Gasteiger partial charge in [-0.25, -0.2) is 8.42 Å². The molecule has 7 heteroatoms. The van der Waals surface area contributed by atoms with Gasteiger partial charge in [0.1, 0.15) is 0 Å². The van der Waals surface area contributed by atoms with Gasteiger partial charge in [-0.1, -0.05) is 25.4 Å². The van der Waals surface area contributed by atoms with Crippen molar-refractivity contribution in [2.45, 2.75) is 26.7 Å². The van der Waals surface area contributed by atoms with Crippen LogP contribution in [-0.4, -0.2) is 32.9 Å². The molecular weight excluding hydrogens is 312 g/mol. The number of aliphatic hydroxyl groups excluding tert-OH is 1. The summed E-state index contributed by atoms with van der Waals surface area (Å²) >= 11 is 6.12. The van der Waals surface area contributed by atoms with Crippen molar-refractivity contribution in [3.8, 4) is 0 Å². The third-order valence-electron chi connectivity index (χ3n) is 3.76. The van der Waals surface area contributed by atoms with Crippen LogP contribution in [0.1, 0.15) is 26.7 Å². The monoisotopic (exact) mass is 334 g/mol. The van der Waals surface area contributed by atoms with Crippen LogP contribution in [0.5, 0.6) is 0 Å². The van der Waals surface area contributed by atoms with Gasteiger partial charge in [-0.15, -0.1) is 0 Å². The zero-order valence-corrected chi connectivity index (χ0v) is 14.2. The number of halogens is 1. The molecule has 0 atom stereocenters. The summed E-state index contributed by atoms with van der Waals surface area (Å²) in [6.45, 7) is 4.72. The van der Waals surface area contributed by atoms with Gasteiger partial charge >= 0.3 is 0 Å². The highest BCUT2D eigenvalue weighted by Crippen LogP contribution is 2.30. The molecule has 1 rings (SSSR count). The fourth-order valence-electron chi connectivity index (χ4n) is 2.00. The van der Waals surface area contributed by atoms with Gasteiger partial charge in [0.2, 0.25) is 10.0 Å². The van der Waals surface area contributed by atoms with E-state index < -0.39 is 10.0 Å². The van der Waals surface area contributed by atoms with Crippen molar-refractivity contribution in [2.75, 3.05) is 29.4 Å². The van der Waals surface area contributed by atoms with Gasteiger partial charge in [-0.3, -0.25) is 4.72 Å². The Morgan fingerprint density at radius 2 is 1.90 bits per heavy atom. The van der Waals surface area contributed by atoms with Crippen LogP contribution in [0.25, 0.3) is 0 Å². The Morgan fingerprint density at radius 1 is 1.29 bits per heavy atom. The summed E-state index contributed by atoms with van der Waals surface area (Å²) < 4.78 is 24.9. The third-order valence-corrected chi connectivity index (χ3v) is 4.69. The molecule has 0 saturated carbocycles. The van der Waals surface area contributed by atoms with E-state index in [4.69, 9.17) is 11.6 Å². The molecule has 1 aromatic carbocycles. The molecule has 0 unspecified atom stereocenters. The predicted octanol–water partition coefficient (Wildman–Crippen LogP) is 2.92. The molecule has 0 amide bonds. The molecule has 0 bridgehead atoms. The lowest BCUT2D eigenvalue weighted by Crippen LogP contribution is -2.32. The van der Waals surface area contributed by atoms with Crippen LogP contribution in [0.2, 0.25) is 5.02 Å². The van der Waals surface area contributed by atoms with Gasteiger partial charge in [0, 0.05) is 12.0 Å². The third kappa shape index (κ3) is 5.37. The molecule has 0 aliphatic heterocycles. The number of aliphatic hydroxyl groups is 1. The molecule has 0 saturated heterocycles. The van der Waals surface area contributed by atoms with Crippen molar-refractivity contribution in [2.24, 2.45) is 5.41 Å². The molecule has 0 heterocycles. The standard InChI is InChI=1S/C14H23ClN2O3S/c1-4-14(5-2,10-18)9-16-13-8-11(6-7-12(13)15)17-21(3,19)20/h6-8,16-18H,4-5,9-10H2,1-3H3. The van der Waals surface area contributed by atoms with E-state index in [0.29, 0.717) is 22.9 Å². The van der Waals surface area contributed by atoms with E-state index in [1.54, 1.807) is 18.2 Å². The predicted molar refractivity (Wildman–Crippen MR) is 88.5 cm³/mol. The second kappa shape index (κ2) is 7.33. The molecule has 0 aliphatic carbocycles. The van der Waals surface area contributed by atoms with Crippen molar-refractivity contribution >= 4 is 33.0 Å². The highest BCUT2D eigenvalue weighted by molar-refractivity contribution is 7.92. The van der Waals surface area contributed by atoms with Crippen LogP contribution >= 0.6 is 11.6 Å². The molecule has 0 aromatic heterocycles. The van der Waals surface area contributed by atoms with Crippen molar-refractivity contribution < 1.29 is 13.5 Å². The Kier molecular flexibility index (Phi) is 6.31. The first kappa shape index (κ1) is 18.1. The zero-order chi connectivity index (χ0) is 16.1.